The molecule has 3 nitrogen and oxygen atoms in total. The topological polar surface area (TPSA) is 48.1 Å². The fourth-order valence-electron chi connectivity index (χ4n) is 1.71. The molecule has 19 heavy (non-hydrogen) atoms. The number of nitrogens with two attached hydrogens (primary N) is 1. The van der Waals surface area contributed by atoms with E-state index in [4.69, 9.17) is 5.73 Å². The van der Waals surface area contributed by atoms with Gasteiger partial charge in [0.05, 0.1) is 0 Å². The first-order chi connectivity index (χ1) is 8.85. The van der Waals surface area contributed by atoms with Crippen molar-refractivity contribution in [2.45, 2.75) is 13.3 Å². The van der Waals surface area contributed by atoms with Crippen molar-refractivity contribution in [2.24, 2.45) is 0 Å². The summed E-state index contributed by atoms with van der Waals surface area (Å²) < 4.78 is 40.4. The standard InChI is InChI=1S/C13H11F3N2O/c1-8-7-18-12(17)6-11(8)9-3-2-4-10(5-9)19-13(14,15)16/h2-7H,1H3,(H2,17,18). The summed E-state index contributed by atoms with van der Waals surface area (Å²) in [6.07, 6.45) is -3.13. The van der Waals surface area contributed by atoms with Crippen molar-refractivity contribution in [3.05, 3.63) is 42.1 Å². The minimum atomic E-state index is -4.70. The van der Waals surface area contributed by atoms with Gasteiger partial charge in [0.15, 0.2) is 0 Å². The Morgan fingerprint density at radius 3 is 2.63 bits per heavy atom. The van der Waals surface area contributed by atoms with Gasteiger partial charge in [0, 0.05) is 6.20 Å². The van der Waals surface area contributed by atoms with Gasteiger partial charge in [-0.15, -0.1) is 13.2 Å². The van der Waals surface area contributed by atoms with Crippen LogP contribution in [0.25, 0.3) is 11.1 Å². The molecular formula is C13H11F3N2O. The molecular weight excluding hydrogens is 257 g/mol. The van der Waals surface area contributed by atoms with Gasteiger partial charge in [-0.05, 0) is 41.8 Å². The summed E-state index contributed by atoms with van der Waals surface area (Å²) >= 11 is 0. The smallest absolute Gasteiger partial charge is 0.406 e. The van der Waals surface area contributed by atoms with Gasteiger partial charge < -0.3 is 10.5 Å². The number of anilines is 1. The van der Waals surface area contributed by atoms with Crippen molar-refractivity contribution in [1.82, 2.24) is 4.98 Å². The lowest BCUT2D eigenvalue weighted by atomic mass is 10.0. The van der Waals surface area contributed by atoms with Crippen molar-refractivity contribution in [2.75, 3.05) is 5.73 Å². The van der Waals surface area contributed by atoms with Gasteiger partial charge in [-0.3, -0.25) is 0 Å². The summed E-state index contributed by atoms with van der Waals surface area (Å²) in [6, 6.07) is 7.35. The number of hydrogen-bond acceptors (Lipinski definition) is 3. The number of ether oxygens (including phenoxy) is 1. The second-order valence-electron chi connectivity index (χ2n) is 4.00. The van der Waals surface area contributed by atoms with Crippen LogP contribution in [0.15, 0.2) is 36.5 Å². The number of pyridine rings is 1. The first kappa shape index (κ1) is 13.2. The van der Waals surface area contributed by atoms with Crippen LogP contribution >= 0.6 is 0 Å². The molecule has 2 rings (SSSR count). The van der Waals surface area contributed by atoms with Crippen LogP contribution in [0, 0.1) is 6.92 Å². The van der Waals surface area contributed by atoms with Crippen LogP contribution in [0.1, 0.15) is 5.56 Å². The van der Waals surface area contributed by atoms with E-state index in [1.165, 1.54) is 18.2 Å². The van der Waals surface area contributed by atoms with Crippen LogP contribution in [-0.4, -0.2) is 11.3 Å². The van der Waals surface area contributed by atoms with Gasteiger partial charge in [-0.25, -0.2) is 4.98 Å². The molecule has 1 aromatic heterocycles. The number of nitrogens with zero attached hydrogens (tertiary/aromatic N) is 1. The zero-order chi connectivity index (χ0) is 14.0. The Kier molecular flexibility index (Phi) is 3.33. The fraction of sp³-hybridized carbons (Fsp3) is 0.154. The lowest BCUT2D eigenvalue weighted by Gasteiger charge is -2.11. The maximum absolute atomic E-state index is 12.2. The number of aryl methyl sites for hydroxylation is 1. The average Bonchev–Trinajstić information content (AvgIpc) is 2.30. The molecule has 2 aromatic rings. The first-order valence-corrected chi connectivity index (χ1v) is 5.43. The molecule has 100 valence electrons. The first-order valence-electron chi connectivity index (χ1n) is 5.43. The van der Waals surface area contributed by atoms with E-state index in [2.05, 4.69) is 9.72 Å². The van der Waals surface area contributed by atoms with Crippen molar-refractivity contribution < 1.29 is 17.9 Å². The fourth-order valence-corrected chi connectivity index (χ4v) is 1.71. The summed E-state index contributed by atoms with van der Waals surface area (Å²) in [5.74, 6) is 0.0440. The highest BCUT2D eigenvalue weighted by Gasteiger charge is 2.31. The van der Waals surface area contributed by atoms with E-state index in [9.17, 15) is 13.2 Å². The number of rotatable bonds is 2. The highest BCUT2D eigenvalue weighted by molar-refractivity contribution is 5.70. The van der Waals surface area contributed by atoms with Crippen LogP contribution in [0.3, 0.4) is 0 Å². The highest BCUT2D eigenvalue weighted by Crippen LogP contribution is 2.30. The van der Waals surface area contributed by atoms with E-state index < -0.39 is 6.36 Å². The van der Waals surface area contributed by atoms with Crippen molar-refractivity contribution in [3.8, 4) is 16.9 Å². The van der Waals surface area contributed by atoms with E-state index in [0.717, 1.165) is 11.1 Å². The molecule has 0 spiro atoms. The molecule has 0 amide bonds. The zero-order valence-electron chi connectivity index (χ0n) is 10.0. The second-order valence-corrected chi connectivity index (χ2v) is 4.00. The molecule has 0 atom stereocenters. The molecule has 0 fully saturated rings. The van der Waals surface area contributed by atoms with Crippen molar-refractivity contribution in [3.63, 3.8) is 0 Å². The number of alkyl halides is 3. The SMILES string of the molecule is Cc1cnc(N)cc1-c1cccc(OC(F)(F)F)c1. The van der Waals surface area contributed by atoms with Gasteiger partial charge in [0.2, 0.25) is 0 Å². The van der Waals surface area contributed by atoms with Crippen molar-refractivity contribution >= 4 is 5.82 Å². The van der Waals surface area contributed by atoms with E-state index in [0.29, 0.717) is 11.4 Å². The summed E-state index contributed by atoms with van der Waals surface area (Å²) in [6.45, 7) is 1.80. The molecule has 1 aromatic carbocycles. The van der Waals surface area contributed by atoms with Gasteiger partial charge in [0.25, 0.3) is 0 Å². The Hall–Kier alpha value is -2.24. The number of hydrogen-bond donors (Lipinski definition) is 1. The number of aromatic nitrogens is 1. The third-order valence-electron chi connectivity index (χ3n) is 2.50. The van der Waals surface area contributed by atoms with Crippen LogP contribution < -0.4 is 10.5 Å². The minimum absolute atomic E-state index is 0.264. The lowest BCUT2D eigenvalue weighted by Crippen LogP contribution is -2.17. The normalized spacial score (nSPS) is 11.4. The largest absolute Gasteiger partial charge is 0.573 e. The molecule has 0 saturated carbocycles. The average molecular weight is 268 g/mol. The summed E-state index contributed by atoms with van der Waals surface area (Å²) in [7, 11) is 0. The molecule has 0 aliphatic heterocycles. The van der Waals surface area contributed by atoms with Gasteiger partial charge in [-0.1, -0.05) is 12.1 Å². The Labute approximate surface area is 107 Å². The molecule has 0 radical (unpaired) electrons. The maximum atomic E-state index is 12.2. The monoisotopic (exact) mass is 268 g/mol. The van der Waals surface area contributed by atoms with E-state index in [1.807, 2.05) is 0 Å². The molecule has 0 bridgehead atoms. The Balaban J connectivity index is 2.40. The predicted molar refractivity (Wildman–Crippen MR) is 65.5 cm³/mol. The van der Waals surface area contributed by atoms with Crippen molar-refractivity contribution in [1.29, 1.82) is 0 Å². The lowest BCUT2D eigenvalue weighted by molar-refractivity contribution is -0.274. The Bertz CT molecular complexity index is 597. The van der Waals surface area contributed by atoms with E-state index in [1.54, 1.807) is 25.3 Å². The molecule has 0 aliphatic rings. The quantitative estimate of drug-likeness (QED) is 0.906. The second kappa shape index (κ2) is 4.79. The van der Waals surface area contributed by atoms with Crippen LogP contribution in [0.2, 0.25) is 0 Å². The third-order valence-corrected chi connectivity index (χ3v) is 2.50. The third kappa shape index (κ3) is 3.37. The molecule has 0 aliphatic carbocycles. The summed E-state index contributed by atoms with van der Waals surface area (Å²) in [5, 5.41) is 0. The zero-order valence-corrected chi connectivity index (χ0v) is 10.0. The van der Waals surface area contributed by atoms with Crippen LogP contribution in [-0.2, 0) is 0 Å². The Morgan fingerprint density at radius 1 is 1.21 bits per heavy atom. The Morgan fingerprint density at radius 2 is 1.95 bits per heavy atom. The van der Waals surface area contributed by atoms with Gasteiger partial charge in [-0.2, -0.15) is 0 Å². The predicted octanol–water partition coefficient (Wildman–Crippen LogP) is 3.54. The van der Waals surface area contributed by atoms with Crippen LogP contribution in [0.5, 0.6) is 5.75 Å². The number of nitrogen functional groups attached to an aromatic ring is 1. The highest BCUT2D eigenvalue weighted by atomic mass is 19.4. The summed E-state index contributed by atoms with van der Waals surface area (Å²) in [5.41, 5.74) is 7.71. The maximum Gasteiger partial charge on any atom is 0.573 e. The van der Waals surface area contributed by atoms with Gasteiger partial charge in [0.1, 0.15) is 11.6 Å². The molecule has 2 N–H and O–H groups in total. The minimum Gasteiger partial charge on any atom is -0.406 e. The van der Waals surface area contributed by atoms with Crippen LogP contribution in [0.4, 0.5) is 19.0 Å². The molecule has 0 saturated heterocycles. The van der Waals surface area contributed by atoms with Gasteiger partial charge >= 0.3 is 6.36 Å². The molecule has 1 heterocycles. The number of halogens is 3. The van der Waals surface area contributed by atoms with E-state index in [-0.39, 0.29) is 5.75 Å². The molecule has 0 unspecified atom stereocenters. The van der Waals surface area contributed by atoms with E-state index >= 15 is 0 Å². The summed E-state index contributed by atoms with van der Waals surface area (Å²) in [4.78, 5) is 3.91. The number of benzene rings is 1. The molecule has 6 heteroatoms.